The Morgan fingerprint density at radius 1 is 1.24 bits per heavy atom. The molecular weight excluding hydrogens is 368 g/mol. The van der Waals surface area contributed by atoms with Gasteiger partial charge in [-0.3, -0.25) is 13.8 Å². The number of carbonyl (C=O) groups excluding carboxylic acids is 1. The Morgan fingerprint density at radius 2 is 2.00 bits per heavy atom. The molecule has 0 radical (unpaired) electrons. The Balaban J connectivity index is 1.91. The van der Waals surface area contributed by atoms with E-state index in [1.807, 2.05) is 36.4 Å². The third-order valence-corrected chi connectivity index (χ3v) is 5.19. The van der Waals surface area contributed by atoms with E-state index in [1.165, 1.54) is 7.11 Å². The number of rotatable bonds is 4. The van der Waals surface area contributed by atoms with E-state index in [9.17, 15) is 9.59 Å². The number of hydrogen-bond donors (Lipinski definition) is 1. The first-order valence-electron chi connectivity index (χ1n) is 9.31. The van der Waals surface area contributed by atoms with Gasteiger partial charge >= 0.3 is 5.97 Å². The number of ether oxygens (including phenoxy) is 1. The summed E-state index contributed by atoms with van der Waals surface area (Å²) in [7, 11) is 3.11. The van der Waals surface area contributed by atoms with Gasteiger partial charge in [-0.2, -0.15) is 0 Å². The third kappa shape index (κ3) is 3.04. The molecule has 2 heterocycles. The first kappa shape index (κ1) is 18.7. The van der Waals surface area contributed by atoms with Crippen LogP contribution in [0.15, 0.2) is 53.7 Å². The Labute approximate surface area is 167 Å². The molecule has 0 aliphatic rings. The Bertz CT molecular complexity index is 1300. The van der Waals surface area contributed by atoms with E-state index >= 15 is 0 Å². The summed E-state index contributed by atoms with van der Waals surface area (Å²) < 4.78 is 8.42. The predicted molar refractivity (Wildman–Crippen MR) is 112 cm³/mol. The number of carbonyl (C=O) groups is 1. The van der Waals surface area contributed by atoms with E-state index in [4.69, 9.17) is 4.74 Å². The summed E-state index contributed by atoms with van der Waals surface area (Å²) in [6, 6.07) is 11.0. The molecule has 0 amide bonds. The fourth-order valence-electron chi connectivity index (χ4n) is 3.77. The molecule has 148 valence electrons. The zero-order valence-electron chi connectivity index (χ0n) is 16.8. The Morgan fingerprint density at radius 3 is 2.76 bits per heavy atom. The van der Waals surface area contributed by atoms with E-state index in [-0.39, 0.29) is 11.6 Å². The molecule has 2 aromatic carbocycles. The van der Waals surface area contributed by atoms with E-state index in [1.54, 1.807) is 36.3 Å². The van der Waals surface area contributed by atoms with Gasteiger partial charge < -0.3 is 10.1 Å². The number of benzene rings is 2. The van der Waals surface area contributed by atoms with Crippen molar-refractivity contribution in [3.8, 4) is 0 Å². The van der Waals surface area contributed by atoms with E-state index in [0.717, 1.165) is 22.3 Å². The standard InChI is InChI=1S/C22H22N4O3/c1-13-9-16(14(2)24-18-8-6-5-7-15(18)22(28)29-4)20-17(10-13)21(27)25(3)19-11-23-12-26(19)20/h5-12,14,24H,1-4H3. The van der Waals surface area contributed by atoms with Crippen LogP contribution >= 0.6 is 0 Å². The van der Waals surface area contributed by atoms with E-state index in [0.29, 0.717) is 16.6 Å². The molecule has 4 aromatic rings. The second-order valence-electron chi connectivity index (χ2n) is 7.14. The van der Waals surface area contributed by atoms with Crippen LogP contribution in [0.25, 0.3) is 16.6 Å². The molecule has 7 nitrogen and oxygen atoms in total. The Kier molecular flexibility index (Phi) is 4.58. The number of imidazole rings is 1. The number of anilines is 1. The average molecular weight is 390 g/mol. The highest BCUT2D eigenvalue weighted by Gasteiger charge is 2.19. The molecule has 1 atom stereocenters. The van der Waals surface area contributed by atoms with Gasteiger partial charge in [0.15, 0.2) is 0 Å². The highest BCUT2D eigenvalue weighted by Crippen LogP contribution is 2.29. The van der Waals surface area contributed by atoms with Crippen LogP contribution < -0.4 is 10.9 Å². The molecule has 1 unspecified atom stereocenters. The maximum absolute atomic E-state index is 12.9. The maximum Gasteiger partial charge on any atom is 0.339 e. The van der Waals surface area contributed by atoms with Gasteiger partial charge in [-0.1, -0.05) is 18.2 Å². The minimum Gasteiger partial charge on any atom is -0.465 e. The minimum absolute atomic E-state index is 0.0693. The number of para-hydroxylation sites is 1. The lowest BCUT2D eigenvalue weighted by atomic mass is 10.0. The second kappa shape index (κ2) is 7.09. The molecule has 4 rings (SSSR count). The minimum atomic E-state index is -0.403. The molecule has 0 aliphatic heterocycles. The number of esters is 1. The number of hydrogen-bond acceptors (Lipinski definition) is 5. The van der Waals surface area contributed by atoms with Crippen molar-refractivity contribution in [3.05, 3.63) is 76.0 Å². The second-order valence-corrected chi connectivity index (χ2v) is 7.14. The van der Waals surface area contributed by atoms with E-state index < -0.39 is 5.97 Å². The molecule has 0 aliphatic carbocycles. The van der Waals surface area contributed by atoms with Gasteiger partial charge in [-0.15, -0.1) is 0 Å². The predicted octanol–water partition coefficient (Wildman–Crippen LogP) is 3.45. The van der Waals surface area contributed by atoms with Gasteiger partial charge in [0.05, 0.1) is 35.8 Å². The molecule has 29 heavy (non-hydrogen) atoms. The van der Waals surface area contributed by atoms with Crippen LogP contribution in [0, 0.1) is 6.92 Å². The number of aromatic nitrogens is 3. The fraction of sp³-hybridized carbons (Fsp3) is 0.227. The number of fused-ring (bicyclic) bond motifs is 3. The topological polar surface area (TPSA) is 77.6 Å². The van der Waals surface area contributed by atoms with Crippen molar-refractivity contribution in [2.45, 2.75) is 19.9 Å². The van der Waals surface area contributed by atoms with E-state index in [2.05, 4.69) is 16.4 Å². The summed E-state index contributed by atoms with van der Waals surface area (Å²) in [4.78, 5) is 29.3. The lowest BCUT2D eigenvalue weighted by Gasteiger charge is -2.21. The van der Waals surface area contributed by atoms with Gasteiger partial charge in [0.2, 0.25) is 0 Å². The summed E-state index contributed by atoms with van der Waals surface area (Å²) in [5.41, 5.74) is 4.52. The van der Waals surface area contributed by atoms with Crippen LogP contribution in [0.1, 0.15) is 34.5 Å². The zero-order valence-corrected chi connectivity index (χ0v) is 16.8. The summed E-state index contributed by atoms with van der Waals surface area (Å²) in [6.45, 7) is 3.97. The van der Waals surface area contributed by atoms with Crippen molar-refractivity contribution < 1.29 is 9.53 Å². The maximum atomic E-state index is 12.9. The van der Waals surface area contributed by atoms with Crippen molar-refractivity contribution in [3.63, 3.8) is 0 Å². The van der Waals surface area contributed by atoms with Crippen LogP contribution in [-0.4, -0.2) is 27.0 Å². The summed E-state index contributed by atoms with van der Waals surface area (Å²) >= 11 is 0. The first-order chi connectivity index (χ1) is 13.9. The van der Waals surface area contributed by atoms with Crippen molar-refractivity contribution in [1.82, 2.24) is 14.0 Å². The van der Waals surface area contributed by atoms with Gasteiger partial charge in [0.1, 0.15) is 12.0 Å². The van der Waals surface area contributed by atoms with Crippen molar-refractivity contribution in [2.24, 2.45) is 7.05 Å². The average Bonchev–Trinajstić information content (AvgIpc) is 3.21. The van der Waals surface area contributed by atoms with Crippen LogP contribution in [0.2, 0.25) is 0 Å². The highest BCUT2D eigenvalue weighted by atomic mass is 16.5. The zero-order chi connectivity index (χ0) is 20.7. The molecular formula is C22H22N4O3. The molecule has 7 heteroatoms. The fourth-order valence-corrected chi connectivity index (χ4v) is 3.77. The molecule has 2 aromatic heterocycles. The van der Waals surface area contributed by atoms with Crippen molar-refractivity contribution in [1.29, 1.82) is 0 Å². The summed E-state index contributed by atoms with van der Waals surface area (Å²) in [6.07, 6.45) is 3.39. The molecule has 0 saturated heterocycles. The van der Waals surface area contributed by atoms with Crippen molar-refractivity contribution >= 4 is 28.2 Å². The normalized spacial score (nSPS) is 12.3. The highest BCUT2D eigenvalue weighted by molar-refractivity contribution is 5.95. The Hall–Kier alpha value is -3.61. The van der Waals surface area contributed by atoms with Crippen LogP contribution in [-0.2, 0) is 11.8 Å². The quantitative estimate of drug-likeness (QED) is 0.540. The van der Waals surface area contributed by atoms with Gasteiger partial charge in [0.25, 0.3) is 5.56 Å². The number of nitrogens with zero attached hydrogens (tertiary/aromatic N) is 3. The van der Waals surface area contributed by atoms with Crippen LogP contribution in [0.4, 0.5) is 5.69 Å². The largest absolute Gasteiger partial charge is 0.465 e. The van der Waals surface area contributed by atoms with Crippen LogP contribution in [0.3, 0.4) is 0 Å². The summed E-state index contributed by atoms with van der Waals surface area (Å²) in [5, 5.41) is 4.04. The third-order valence-electron chi connectivity index (χ3n) is 5.19. The molecule has 0 spiro atoms. The molecule has 0 bridgehead atoms. The number of nitrogens with one attached hydrogen (secondary N) is 1. The molecule has 1 N–H and O–H groups in total. The van der Waals surface area contributed by atoms with Gasteiger partial charge in [-0.25, -0.2) is 9.78 Å². The SMILES string of the molecule is COC(=O)c1ccccc1NC(C)c1cc(C)cc2c(=O)n(C)c3cncn3c12. The lowest BCUT2D eigenvalue weighted by Crippen LogP contribution is -2.21. The monoisotopic (exact) mass is 390 g/mol. The number of aryl methyl sites for hydroxylation is 2. The number of methoxy groups -OCH3 is 1. The van der Waals surface area contributed by atoms with Crippen molar-refractivity contribution in [2.75, 3.05) is 12.4 Å². The molecule has 0 fully saturated rings. The molecule has 0 saturated carbocycles. The van der Waals surface area contributed by atoms with Crippen LogP contribution in [0.5, 0.6) is 0 Å². The smallest absolute Gasteiger partial charge is 0.339 e. The lowest BCUT2D eigenvalue weighted by molar-refractivity contribution is 0.0602. The first-order valence-corrected chi connectivity index (χ1v) is 9.31. The van der Waals surface area contributed by atoms with Gasteiger partial charge in [0, 0.05) is 12.7 Å². The van der Waals surface area contributed by atoms with Gasteiger partial charge in [-0.05, 0) is 43.2 Å². The summed E-state index contributed by atoms with van der Waals surface area (Å²) in [5.74, 6) is -0.403.